The van der Waals surface area contributed by atoms with Gasteiger partial charge in [-0.2, -0.15) is 0 Å². The molecule has 1 aliphatic heterocycles. The Morgan fingerprint density at radius 3 is 2.46 bits per heavy atom. The lowest BCUT2D eigenvalue weighted by atomic mass is 9.77. The zero-order valence-electron chi connectivity index (χ0n) is 16.1. The number of benzene rings is 1. The summed E-state index contributed by atoms with van der Waals surface area (Å²) in [6.45, 7) is 4.78. The fourth-order valence-corrected chi connectivity index (χ4v) is 3.26. The van der Waals surface area contributed by atoms with Crippen molar-refractivity contribution in [1.82, 2.24) is 10.3 Å². The summed E-state index contributed by atoms with van der Waals surface area (Å²) in [5, 5.41) is 5.27. The first kappa shape index (κ1) is 20.1. The fourth-order valence-electron chi connectivity index (χ4n) is 3.26. The molecule has 0 spiro atoms. The van der Waals surface area contributed by atoms with Gasteiger partial charge in [-0.3, -0.25) is 9.78 Å². The minimum Gasteiger partial charge on any atom is -0.359 e. The largest absolute Gasteiger partial charge is 0.359 e. The number of carbonyl (C=O) groups is 1. The van der Waals surface area contributed by atoms with Gasteiger partial charge in [0.25, 0.3) is 0 Å². The summed E-state index contributed by atoms with van der Waals surface area (Å²) in [6, 6.07) is 7.34. The van der Waals surface area contributed by atoms with Crippen LogP contribution in [-0.4, -0.2) is 29.0 Å². The number of nitrogens with one attached hydrogen (secondary N) is 2. The maximum absolute atomic E-state index is 15.4. The molecule has 1 amide bonds. The van der Waals surface area contributed by atoms with Crippen LogP contribution in [0, 0.1) is 12.7 Å². The maximum atomic E-state index is 15.4. The average molecular weight is 393 g/mol. The third kappa shape index (κ3) is 3.32. The SMILES string of the molecule is Cc1ccc(Nc2ccc(F)c([C@@]3(C)NC(=O)COC(C)(C)C3(F)F)c2)cn1. The Balaban J connectivity index is 2.07. The van der Waals surface area contributed by atoms with Crippen molar-refractivity contribution in [2.24, 2.45) is 0 Å². The van der Waals surface area contributed by atoms with Crippen molar-refractivity contribution in [2.45, 2.75) is 44.8 Å². The van der Waals surface area contributed by atoms with Crippen LogP contribution >= 0.6 is 0 Å². The molecule has 1 saturated heterocycles. The smallest absolute Gasteiger partial charge is 0.302 e. The normalized spacial score (nSPS) is 23.6. The van der Waals surface area contributed by atoms with E-state index in [1.54, 1.807) is 18.3 Å². The third-order valence-electron chi connectivity index (χ3n) is 5.04. The van der Waals surface area contributed by atoms with Crippen molar-refractivity contribution in [3.63, 3.8) is 0 Å². The number of carbonyl (C=O) groups excluding carboxylic acids is 1. The average Bonchev–Trinajstić information content (AvgIpc) is 2.68. The van der Waals surface area contributed by atoms with Gasteiger partial charge in [0.05, 0.1) is 11.9 Å². The van der Waals surface area contributed by atoms with Crippen molar-refractivity contribution in [3.05, 3.63) is 53.6 Å². The number of hydrogen-bond acceptors (Lipinski definition) is 4. The van der Waals surface area contributed by atoms with Crippen LogP contribution in [0.25, 0.3) is 0 Å². The molecule has 0 unspecified atom stereocenters. The zero-order chi connectivity index (χ0) is 20.7. The van der Waals surface area contributed by atoms with E-state index in [1.807, 2.05) is 6.92 Å². The summed E-state index contributed by atoms with van der Waals surface area (Å²) in [6.07, 6.45) is 1.58. The molecule has 150 valence electrons. The van der Waals surface area contributed by atoms with Crippen molar-refractivity contribution >= 4 is 17.3 Å². The standard InChI is InChI=1S/C20H22F3N3O2/c1-12-5-6-14(10-24-12)25-13-7-8-16(21)15(9-13)19(4)20(22,23)18(2,3)28-11-17(27)26-19/h5-10,25H,11H2,1-4H3,(H,26,27)/t19-/m1/s1. The van der Waals surface area contributed by atoms with Crippen LogP contribution in [0.15, 0.2) is 36.5 Å². The maximum Gasteiger partial charge on any atom is 0.302 e. The highest BCUT2D eigenvalue weighted by Crippen LogP contribution is 2.48. The first-order valence-corrected chi connectivity index (χ1v) is 8.79. The van der Waals surface area contributed by atoms with E-state index in [4.69, 9.17) is 4.74 Å². The Kier molecular flexibility index (Phi) is 4.87. The van der Waals surface area contributed by atoms with Gasteiger partial charge in [-0.25, -0.2) is 13.2 Å². The molecule has 0 bridgehead atoms. The van der Waals surface area contributed by atoms with Crippen molar-refractivity contribution in [1.29, 1.82) is 0 Å². The lowest BCUT2D eigenvalue weighted by molar-refractivity contribution is -0.216. The van der Waals surface area contributed by atoms with Gasteiger partial charge in [-0.15, -0.1) is 0 Å². The van der Waals surface area contributed by atoms with E-state index in [0.29, 0.717) is 11.4 Å². The van der Waals surface area contributed by atoms with Crippen LogP contribution in [0.1, 0.15) is 32.0 Å². The van der Waals surface area contributed by atoms with Crippen molar-refractivity contribution in [2.75, 3.05) is 11.9 Å². The topological polar surface area (TPSA) is 63.2 Å². The number of nitrogens with zero attached hydrogens (tertiary/aromatic N) is 1. The van der Waals surface area contributed by atoms with Crippen LogP contribution in [-0.2, 0) is 15.1 Å². The summed E-state index contributed by atoms with van der Waals surface area (Å²) >= 11 is 0. The lowest BCUT2D eigenvalue weighted by Crippen LogP contribution is -2.62. The van der Waals surface area contributed by atoms with Gasteiger partial charge >= 0.3 is 5.92 Å². The van der Waals surface area contributed by atoms with Gasteiger partial charge in [-0.05, 0) is 58.0 Å². The second-order valence-corrected chi connectivity index (χ2v) is 7.55. The second kappa shape index (κ2) is 6.77. The predicted molar refractivity (Wildman–Crippen MR) is 99.1 cm³/mol. The highest BCUT2D eigenvalue weighted by atomic mass is 19.3. The molecule has 0 radical (unpaired) electrons. The van der Waals surface area contributed by atoms with E-state index in [-0.39, 0.29) is 5.56 Å². The molecule has 5 nitrogen and oxygen atoms in total. The Labute approximate surface area is 161 Å². The molecule has 0 aliphatic carbocycles. The number of pyridine rings is 1. The summed E-state index contributed by atoms with van der Waals surface area (Å²) < 4.78 is 50.6. The van der Waals surface area contributed by atoms with E-state index >= 15 is 8.78 Å². The van der Waals surface area contributed by atoms with Gasteiger partial charge in [0.1, 0.15) is 23.6 Å². The summed E-state index contributed by atoms with van der Waals surface area (Å²) in [4.78, 5) is 16.2. The molecule has 2 aromatic rings. The van der Waals surface area contributed by atoms with Gasteiger partial charge in [0.2, 0.25) is 5.91 Å². The molecule has 1 atom stereocenters. The van der Waals surface area contributed by atoms with Gasteiger partial charge in [-0.1, -0.05) is 0 Å². The number of alkyl halides is 2. The van der Waals surface area contributed by atoms with E-state index in [9.17, 15) is 9.18 Å². The number of aryl methyl sites for hydroxylation is 1. The number of rotatable bonds is 3. The van der Waals surface area contributed by atoms with Gasteiger partial charge in [0.15, 0.2) is 0 Å². The summed E-state index contributed by atoms with van der Waals surface area (Å²) in [5.41, 5.74) is -2.81. The van der Waals surface area contributed by atoms with Crippen LogP contribution in [0.5, 0.6) is 0 Å². The van der Waals surface area contributed by atoms with Crippen molar-refractivity contribution in [3.8, 4) is 0 Å². The number of anilines is 2. The fraction of sp³-hybridized carbons (Fsp3) is 0.400. The first-order chi connectivity index (χ1) is 13.0. The number of aromatic nitrogens is 1. The number of ether oxygens (including phenoxy) is 1. The molecular formula is C20H22F3N3O2. The van der Waals surface area contributed by atoms with Crippen LogP contribution < -0.4 is 10.6 Å². The van der Waals surface area contributed by atoms with Gasteiger partial charge < -0.3 is 15.4 Å². The Morgan fingerprint density at radius 1 is 1.14 bits per heavy atom. The molecule has 3 rings (SSSR count). The Bertz CT molecular complexity index is 900. The van der Waals surface area contributed by atoms with E-state index < -0.39 is 35.4 Å². The lowest BCUT2D eigenvalue weighted by Gasteiger charge is -2.43. The number of amides is 1. The molecule has 0 saturated carbocycles. The molecule has 8 heteroatoms. The van der Waals surface area contributed by atoms with E-state index in [1.165, 1.54) is 26.0 Å². The van der Waals surface area contributed by atoms with Crippen LogP contribution in [0.3, 0.4) is 0 Å². The Morgan fingerprint density at radius 2 is 1.82 bits per heavy atom. The van der Waals surface area contributed by atoms with Crippen molar-refractivity contribution < 1.29 is 22.7 Å². The molecule has 2 heterocycles. The predicted octanol–water partition coefficient (Wildman–Crippen LogP) is 4.05. The minimum absolute atomic E-state index is 0.338. The first-order valence-electron chi connectivity index (χ1n) is 8.79. The molecular weight excluding hydrogens is 371 g/mol. The molecule has 1 aliphatic rings. The van der Waals surface area contributed by atoms with Gasteiger partial charge in [0, 0.05) is 16.9 Å². The van der Waals surface area contributed by atoms with E-state index in [0.717, 1.165) is 18.7 Å². The van der Waals surface area contributed by atoms with E-state index in [2.05, 4.69) is 15.6 Å². The minimum atomic E-state index is -3.60. The number of halogens is 3. The molecule has 1 aromatic heterocycles. The highest BCUT2D eigenvalue weighted by Gasteiger charge is 2.64. The zero-order valence-corrected chi connectivity index (χ0v) is 16.1. The second-order valence-electron chi connectivity index (χ2n) is 7.55. The third-order valence-corrected chi connectivity index (χ3v) is 5.04. The Hall–Kier alpha value is -2.61. The molecule has 1 aromatic carbocycles. The van der Waals surface area contributed by atoms with Crippen LogP contribution in [0.4, 0.5) is 24.5 Å². The molecule has 2 N–H and O–H groups in total. The highest BCUT2D eigenvalue weighted by molar-refractivity contribution is 5.79. The quantitative estimate of drug-likeness (QED) is 0.826. The van der Waals surface area contributed by atoms with Crippen LogP contribution in [0.2, 0.25) is 0 Å². The monoisotopic (exact) mass is 393 g/mol. The molecule has 1 fully saturated rings. The summed E-state index contributed by atoms with van der Waals surface area (Å²) in [5.74, 6) is -5.20. The number of hydrogen-bond donors (Lipinski definition) is 2. The summed E-state index contributed by atoms with van der Waals surface area (Å²) in [7, 11) is 0. The molecule has 28 heavy (non-hydrogen) atoms.